The van der Waals surface area contributed by atoms with Crippen LogP contribution < -0.4 is 0 Å². The van der Waals surface area contributed by atoms with Crippen molar-refractivity contribution in [3.63, 3.8) is 0 Å². The van der Waals surface area contributed by atoms with Crippen LogP contribution >= 0.6 is 0 Å². The minimum atomic E-state index is -0.395. The summed E-state index contributed by atoms with van der Waals surface area (Å²) in [7, 11) is 0. The summed E-state index contributed by atoms with van der Waals surface area (Å²) in [5, 5.41) is 0. The Labute approximate surface area is 99.4 Å². The van der Waals surface area contributed by atoms with E-state index in [0.29, 0.717) is 19.0 Å². The van der Waals surface area contributed by atoms with Gasteiger partial charge in [-0.05, 0) is 13.3 Å². The topological polar surface area (TPSA) is 55.6 Å². The zero-order valence-electron chi connectivity index (χ0n) is 9.68. The number of nitrogens with zero attached hydrogens (tertiary/aromatic N) is 2. The van der Waals surface area contributed by atoms with Crippen molar-refractivity contribution in [2.24, 2.45) is 0 Å². The number of rotatable bonds is 2. The first-order chi connectivity index (χ1) is 8.20. The molecule has 0 atom stereocenters. The second-order valence-corrected chi connectivity index (χ2v) is 3.77. The number of ether oxygens (including phenoxy) is 1. The van der Waals surface area contributed by atoms with Crippen LogP contribution in [0.25, 0.3) is 5.57 Å². The van der Waals surface area contributed by atoms with E-state index in [1.807, 2.05) is 13.0 Å². The van der Waals surface area contributed by atoms with E-state index in [9.17, 15) is 4.79 Å². The predicted molar refractivity (Wildman–Crippen MR) is 62.1 cm³/mol. The summed E-state index contributed by atoms with van der Waals surface area (Å²) >= 11 is 0. The summed E-state index contributed by atoms with van der Waals surface area (Å²) in [6, 6.07) is 0. The summed E-state index contributed by atoms with van der Waals surface area (Å²) in [6.07, 6.45) is 5.20. The molecule has 0 unspecified atom stereocenters. The van der Waals surface area contributed by atoms with Gasteiger partial charge in [0, 0.05) is 12.1 Å². The second kappa shape index (κ2) is 4.86. The molecule has 0 saturated heterocycles. The summed E-state index contributed by atoms with van der Waals surface area (Å²) in [6.45, 7) is 6.28. The van der Waals surface area contributed by atoms with E-state index in [0.717, 1.165) is 24.0 Å². The molecular weight excluding hydrogens is 220 g/mol. The van der Waals surface area contributed by atoms with Crippen molar-refractivity contribution in [2.75, 3.05) is 13.1 Å². The van der Waals surface area contributed by atoms with Gasteiger partial charge in [-0.15, -0.1) is 0 Å². The lowest BCUT2D eigenvalue weighted by Crippen LogP contribution is -2.35. The molecular formula is C12H14N2O3. The van der Waals surface area contributed by atoms with Crippen LogP contribution in [0.1, 0.15) is 18.1 Å². The number of hydrogen-bond donors (Lipinski definition) is 0. The van der Waals surface area contributed by atoms with Gasteiger partial charge < -0.3 is 14.1 Å². The van der Waals surface area contributed by atoms with Gasteiger partial charge in [0.15, 0.2) is 0 Å². The second-order valence-electron chi connectivity index (χ2n) is 3.77. The van der Waals surface area contributed by atoms with Crippen molar-refractivity contribution in [3.05, 3.63) is 36.8 Å². The molecule has 0 radical (unpaired) electrons. The van der Waals surface area contributed by atoms with E-state index in [1.54, 1.807) is 11.1 Å². The van der Waals surface area contributed by atoms with Crippen LogP contribution in [0.4, 0.5) is 4.79 Å². The molecule has 5 nitrogen and oxygen atoms in total. The average molecular weight is 234 g/mol. The van der Waals surface area contributed by atoms with E-state index in [2.05, 4.69) is 11.6 Å². The molecule has 1 aromatic heterocycles. The van der Waals surface area contributed by atoms with Crippen molar-refractivity contribution in [3.8, 4) is 0 Å². The SMILES string of the molecule is C=COC(=O)N1CCC=C(c2ncc(C)o2)C1. The monoisotopic (exact) mass is 234 g/mol. The standard InChI is InChI=1S/C12H14N2O3/c1-3-16-12(15)14-6-4-5-10(8-14)11-13-7-9(2)17-11/h3,5,7H,1,4,6,8H2,2H3. The van der Waals surface area contributed by atoms with Crippen LogP contribution in [-0.2, 0) is 4.74 Å². The zero-order valence-corrected chi connectivity index (χ0v) is 9.68. The molecule has 0 spiro atoms. The highest BCUT2D eigenvalue weighted by Crippen LogP contribution is 2.20. The van der Waals surface area contributed by atoms with E-state index >= 15 is 0 Å². The molecule has 0 N–H and O–H groups in total. The van der Waals surface area contributed by atoms with Crippen LogP contribution in [-0.4, -0.2) is 29.1 Å². The van der Waals surface area contributed by atoms with Crippen molar-refractivity contribution < 1.29 is 13.9 Å². The van der Waals surface area contributed by atoms with Gasteiger partial charge in [0.25, 0.3) is 0 Å². The van der Waals surface area contributed by atoms with Gasteiger partial charge >= 0.3 is 6.09 Å². The van der Waals surface area contributed by atoms with Crippen LogP contribution in [0.15, 0.2) is 29.5 Å². The molecule has 17 heavy (non-hydrogen) atoms. The van der Waals surface area contributed by atoms with Gasteiger partial charge in [-0.25, -0.2) is 9.78 Å². The number of aryl methyl sites for hydroxylation is 1. The number of oxazole rings is 1. The fourth-order valence-corrected chi connectivity index (χ4v) is 1.70. The first-order valence-corrected chi connectivity index (χ1v) is 5.39. The van der Waals surface area contributed by atoms with Gasteiger partial charge in [0.05, 0.1) is 19.0 Å². The predicted octanol–water partition coefficient (Wildman–Crippen LogP) is 2.35. The van der Waals surface area contributed by atoms with Crippen molar-refractivity contribution in [2.45, 2.75) is 13.3 Å². The first-order valence-electron chi connectivity index (χ1n) is 5.39. The van der Waals surface area contributed by atoms with E-state index in [-0.39, 0.29) is 0 Å². The van der Waals surface area contributed by atoms with Crippen molar-refractivity contribution >= 4 is 11.7 Å². The Kier molecular flexibility index (Phi) is 3.27. The Balaban J connectivity index is 2.09. The molecule has 0 bridgehead atoms. The highest BCUT2D eigenvalue weighted by Gasteiger charge is 2.21. The highest BCUT2D eigenvalue weighted by atomic mass is 16.5. The van der Waals surface area contributed by atoms with Gasteiger partial charge in [-0.1, -0.05) is 12.7 Å². The highest BCUT2D eigenvalue weighted by molar-refractivity contribution is 5.73. The minimum absolute atomic E-state index is 0.395. The van der Waals surface area contributed by atoms with E-state index in [1.165, 1.54) is 0 Å². The smallest absolute Gasteiger partial charge is 0.414 e. The van der Waals surface area contributed by atoms with Crippen LogP contribution in [0.2, 0.25) is 0 Å². The van der Waals surface area contributed by atoms with Gasteiger partial charge in [0.1, 0.15) is 5.76 Å². The summed E-state index contributed by atoms with van der Waals surface area (Å²) in [5.74, 6) is 1.32. The quantitative estimate of drug-likeness (QED) is 0.737. The molecule has 0 aromatic carbocycles. The normalized spacial score (nSPS) is 15.4. The first kappa shape index (κ1) is 11.4. The molecule has 1 aliphatic rings. The molecule has 90 valence electrons. The molecule has 5 heteroatoms. The summed E-state index contributed by atoms with van der Waals surface area (Å²) in [4.78, 5) is 17.3. The van der Waals surface area contributed by atoms with E-state index in [4.69, 9.17) is 9.15 Å². The Morgan fingerprint density at radius 2 is 2.53 bits per heavy atom. The third-order valence-corrected chi connectivity index (χ3v) is 2.49. The van der Waals surface area contributed by atoms with Crippen molar-refractivity contribution in [1.29, 1.82) is 0 Å². The number of amides is 1. The third kappa shape index (κ3) is 2.55. The van der Waals surface area contributed by atoms with Crippen LogP contribution in [0.5, 0.6) is 0 Å². The van der Waals surface area contributed by atoms with Crippen LogP contribution in [0.3, 0.4) is 0 Å². The molecule has 0 saturated carbocycles. The van der Waals surface area contributed by atoms with Crippen molar-refractivity contribution in [1.82, 2.24) is 9.88 Å². The molecule has 1 amide bonds. The fourth-order valence-electron chi connectivity index (χ4n) is 1.70. The maximum absolute atomic E-state index is 11.5. The Bertz CT molecular complexity index is 462. The summed E-state index contributed by atoms with van der Waals surface area (Å²) < 4.78 is 10.2. The molecule has 1 aromatic rings. The molecule has 0 aliphatic carbocycles. The minimum Gasteiger partial charge on any atom is -0.442 e. The Morgan fingerprint density at radius 1 is 1.71 bits per heavy atom. The van der Waals surface area contributed by atoms with Gasteiger partial charge in [0.2, 0.25) is 5.89 Å². The lowest BCUT2D eigenvalue weighted by atomic mass is 10.1. The Hall–Kier alpha value is -2.04. The molecule has 2 heterocycles. The number of carbonyl (C=O) groups is 1. The van der Waals surface area contributed by atoms with Crippen LogP contribution in [0, 0.1) is 6.92 Å². The third-order valence-electron chi connectivity index (χ3n) is 2.49. The number of aromatic nitrogens is 1. The fraction of sp³-hybridized carbons (Fsp3) is 0.333. The zero-order chi connectivity index (χ0) is 12.3. The van der Waals surface area contributed by atoms with E-state index < -0.39 is 6.09 Å². The average Bonchev–Trinajstić information content (AvgIpc) is 2.76. The Morgan fingerprint density at radius 3 is 3.18 bits per heavy atom. The maximum Gasteiger partial charge on any atom is 0.414 e. The number of carbonyl (C=O) groups excluding carboxylic acids is 1. The maximum atomic E-state index is 11.5. The molecule has 2 rings (SSSR count). The lowest BCUT2D eigenvalue weighted by Gasteiger charge is -2.24. The summed E-state index contributed by atoms with van der Waals surface area (Å²) in [5.41, 5.74) is 0.908. The number of hydrogen-bond acceptors (Lipinski definition) is 4. The van der Waals surface area contributed by atoms with Gasteiger partial charge in [-0.2, -0.15) is 0 Å². The largest absolute Gasteiger partial charge is 0.442 e. The molecule has 0 fully saturated rings. The lowest BCUT2D eigenvalue weighted by molar-refractivity contribution is 0.142. The van der Waals surface area contributed by atoms with Gasteiger partial charge in [-0.3, -0.25) is 0 Å². The molecule has 1 aliphatic heterocycles.